The minimum atomic E-state index is -0.0692. The van der Waals surface area contributed by atoms with Crippen molar-refractivity contribution in [3.8, 4) is 0 Å². The zero-order chi connectivity index (χ0) is 14.3. The Morgan fingerprint density at radius 2 is 1.53 bits per heavy atom. The molecular weight excluding hydrogens is 260 g/mol. The van der Waals surface area contributed by atoms with Crippen molar-refractivity contribution in [2.24, 2.45) is 0 Å². The Labute approximate surface area is 124 Å². The molecule has 0 radical (unpaired) electrons. The van der Waals surface area contributed by atoms with E-state index in [1.165, 1.54) is 44.9 Å². The van der Waals surface area contributed by atoms with Crippen LogP contribution in [0.1, 0.15) is 84.5 Å². The van der Waals surface area contributed by atoms with E-state index in [0.717, 1.165) is 19.3 Å². The van der Waals surface area contributed by atoms with E-state index in [0.29, 0.717) is 13.0 Å². The number of alkyl halides is 1. The summed E-state index contributed by atoms with van der Waals surface area (Å²) in [6, 6.07) is 0. The molecule has 1 unspecified atom stereocenters. The van der Waals surface area contributed by atoms with Gasteiger partial charge in [0, 0.05) is 11.8 Å². The molecule has 0 aliphatic heterocycles. The van der Waals surface area contributed by atoms with E-state index in [2.05, 4.69) is 6.92 Å². The molecule has 0 bridgehead atoms. The molecule has 0 saturated carbocycles. The van der Waals surface area contributed by atoms with Crippen molar-refractivity contribution >= 4 is 17.6 Å². The van der Waals surface area contributed by atoms with E-state index in [1.54, 1.807) is 0 Å². The van der Waals surface area contributed by atoms with Crippen molar-refractivity contribution in [2.45, 2.75) is 89.9 Å². The van der Waals surface area contributed by atoms with Gasteiger partial charge in [0.25, 0.3) is 0 Å². The number of esters is 1. The van der Waals surface area contributed by atoms with Crippen LogP contribution in [-0.4, -0.2) is 18.0 Å². The maximum Gasteiger partial charge on any atom is 0.305 e. The first-order chi connectivity index (χ1) is 9.16. The normalized spacial score (nSPS) is 12.4. The van der Waals surface area contributed by atoms with Crippen molar-refractivity contribution < 1.29 is 9.53 Å². The lowest BCUT2D eigenvalue weighted by Gasteiger charge is -2.05. The number of carbonyl (C=O) groups is 1. The lowest BCUT2D eigenvalue weighted by atomic mass is 10.1. The first-order valence-corrected chi connectivity index (χ1v) is 8.40. The van der Waals surface area contributed by atoms with Gasteiger partial charge in [0.1, 0.15) is 0 Å². The summed E-state index contributed by atoms with van der Waals surface area (Å²) in [5.41, 5.74) is 0. The molecule has 0 rings (SSSR count). The predicted molar refractivity (Wildman–Crippen MR) is 82.7 cm³/mol. The minimum Gasteiger partial charge on any atom is -0.466 e. The molecule has 0 fully saturated rings. The van der Waals surface area contributed by atoms with E-state index >= 15 is 0 Å². The van der Waals surface area contributed by atoms with Gasteiger partial charge in [-0.15, -0.1) is 11.6 Å². The predicted octanol–water partition coefficient (Wildman–Crippen LogP) is 5.47. The first kappa shape index (κ1) is 18.8. The van der Waals surface area contributed by atoms with Gasteiger partial charge in [-0.2, -0.15) is 0 Å². The highest BCUT2D eigenvalue weighted by atomic mass is 35.5. The molecule has 0 N–H and O–H groups in total. The highest BCUT2D eigenvalue weighted by Crippen LogP contribution is 2.11. The second-order valence-corrected chi connectivity index (χ2v) is 6.11. The topological polar surface area (TPSA) is 26.3 Å². The maximum absolute atomic E-state index is 11.4. The zero-order valence-electron chi connectivity index (χ0n) is 12.8. The lowest BCUT2D eigenvalue weighted by molar-refractivity contribution is -0.143. The molecule has 1 atom stereocenters. The van der Waals surface area contributed by atoms with E-state index in [9.17, 15) is 4.79 Å². The van der Waals surface area contributed by atoms with Crippen LogP contribution in [0.2, 0.25) is 0 Å². The molecule has 0 aliphatic rings. The van der Waals surface area contributed by atoms with Crippen molar-refractivity contribution in [2.75, 3.05) is 6.61 Å². The number of ether oxygens (including phenoxy) is 1. The average Bonchev–Trinajstić information content (AvgIpc) is 2.36. The molecule has 3 heteroatoms. The molecule has 0 saturated heterocycles. The number of unbranched alkanes of at least 4 members (excludes halogenated alkanes) is 8. The fourth-order valence-electron chi connectivity index (χ4n) is 1.99. The molecule has 114 valence electrons. The molecule has 0 heterocycles. The van der Waals surface area contributed by atoms with Crippen LogP contribution < -0.4 is 0 Å². The fourth-order valence-corrected chi connectivity index (χ4v) is 2.08. The van der Waals surface area contributed by atoms with Gasteiger partial charge < -0.3 is 4.74 Å². The van der Waals surface area contributed by atoms with Crippen molar-refractivity contribution in [1.29, 1.82) is 0 Å². The summed E-state index contributed by atoms with van der Waals surface area (Å²) in [4.78, 5) is 11.4. The van der Waals surface area contributed by atoms with Gasteiger partial charge >= 0.3 is 5.97 Å². The molecule has 0 amide bonds. The summed E-state index contributed by atoms with van der Waals surface area (Å²) in [5, 5.41) is 0.0838. The van der Waals surface area contributed by atoms with Crippen LogP contribution in [-0.2, 0) is 9.53 Å². The van der Waals surface area contributed by atoms with Crippen LogP contribution in [0.4, 0.5) is 0 Å². The lowest BCUT2D eigenvalue weighted by Crippen LogP contribution is -2.08. The fraction of sp³-hybridized carbons (Fsp3) is 0.938. The van der Waals surface area contributed by atoms with Crippen LogP contribution >= 0.6 is 11.6 Å². The van der Waals surface area contributed by atoms with Gasteiger partial charge in [0.05, 0.1) is 6.61 Å². The Kier molecular flexibility index (Phi) is 14.0. The summed E-state index contributed by atoms with van der Waals surface area (Å²) in [5.74, 6) is -0.0692. The maximum atomic E-state index is 11.4. The summed E-state index contributed by atoms with van der Waals surface area (Å²) >= 11 is 5.78. The second-order valence-electron chi connectivity index (χ2n) is 5.37. The van der Waals surface area contributed by atoms with Crippen LogP contribution in [0.15, 0.2) is 0 Å². The Morgan fingerprint density at radius 3 is 2.05 bits per heavy atom. The van der Waals surface area contributed by atoms with Crippen LogP contribution in [0.25, 0.3) is 0 Å². The molecule has 2 nitrogen and oxygen atoms in total. The SMILES string of the molecule is CCCCCCCCCCCC(=O)OCCC(C)Cl. The van der Waals surface area contributed by atoms with Gasteiger partial charge in [-0.1, -0.05) is 58.3 Å². The third-order valence-electron chi connectivity index (χ3n) is 3.26. The standard InChI is InChI=1S/C16H31ClO2/c1-3-4-5-6-7-8-9-10-11-12-16(18)19-14-13-15(2)17/h15H,3-14H2,1-2H3. The van der Waals surface area contributed by atoms with Crippen molar-refractivity contribution in [3.05, 3.63) is 0 Å². The Bertz CT molecular complexity index is 205. The molecule has 0 spiro atoms. The van der Waals surface area contributed by atoms with Crippen LogP contribution in [0.5, 0.6) is 0 Å². The van der Waals surface area contributed by atoms with Gasteiger partial charge in [-0.05, 0) is 19.8 Å². The largest absolute Gasteiger partial charge is 0.466 e. The molecule has 0 aliphatic carbocycles. The minimum absolute atomic E-state index is 0.0692. The molecule has 0 aromatic heterocycles. The first-order valence-electron chi connectivity index (χ1n) is 7.96. The second kappa shape index (κ2) is 14.2. The van der Waals surface area contributed by atoms with Gasteiger partial charge in [-0.3, -0.25) is 4.79 Å². The average molecular weight is 291 g/mol. The summed E-state index contributed by atoms with van der Waals surface area (Å²) < 4.78 is 5.10. The Morgan fingerprint density at radius 1 is 1.00 bits per heavy atom. The smallest absolute Gasteiger partial charge is 0.305 e. The Hall–Kier alpha value is -0.240. The highest BCUT2D eigenvalue weighted by molar-refractivity contribution is 6.20. The molecule has 0 aromatic rings. The van der Waals surface area contributed by atoms with Gasteiger partial charge in [0.15, 0.2) is 0 Å². The third-order valence-corrected chi connectivity index (χ3v) is 3.48. The summed E-state index contributed by atoms with van der Waals surface area (Å²) in [6.45, 7) is 4.61. The van der Waals surface area contributed by atoms with Crippen LogP contribution in [0, 0.1) is 0 Å². The summed E-state index contributed by atoms with van der Waals surface area (Å²) in [6.07, 6.45) is 12.7. The molecule has 0 aromatic carbocycles. The number of halogens is 1. The zero-order valence-corrected chi connectivity index (χ0v) is 13.5. The van der Waals surface area contributed by atoms with E-state index in [1.807, 2.05) is 6.92 Å². The summed E-state index contributed by atoms with van der Waals surface area (Å²) in [7, 11) is 0. The van der Waals surface area contributed by atoms with E-state index in [4.69, 9.17) is 16.3 Å². The number of rotatable bonds is 13. The number of hydrogen-bond donors (Lipinski definition) is 0. The number of carbonyl (C=O) groups excluding carboxylic acids is 1. The highest BCUT2D eigenvalue weighted by Gasteiger charge is 2.03. The van der Waals surface area contributed by atoms with Crippen LogP contribution in [0.3, 0.4) is 0 Å². The van der Waals surface area contributed by atoms with Gasteiger partial charge in [0.2, 0.25) is 0 Å². The molecule has 19 heavy (non-hydrogen) atoms. The van der Waals surface area contributed by atoms with Crippen molar-refractivity contribution in [3.63, 3.8) is 0 Å². The van der Waals surface area contributed by atoms with E-state index in [-0.39, 0.29) is 11.3 Å². The number of hydrogen-bond acceptors (Lipinski definition) is 2. The van der Waals surface area contributed by atoms with Crippen molar-refractivity contribution in [1.82, 2.24) is 0 Å². The van der Waals surface area contributed by atoms with E-state index < -0.39 is 0 Å². The Balaban J connectivity index is 3.14. The quantitative estimate of drug-likeness (QED) is 0.255. The monoisotopic (exact) mass is 290 g/mol. The van der Waals surface area contributed by atoms with Gasteiger partial charge in [-0.25, -0.2) is 0 Å². The third kappa shape index (κ3) is 15.7. The molecular formula is C16H31ClO2.